The fraction of sp³-hybridized carbons (Fsp3) is 0.0588. The minimum Gasteiger partial charge on any atom is -0.351 e. The molecule has 0 saturated carbocycles. The molecule has 0 atom stereocenters. The summed E-state index contributed by atoms with van der Waals surface area (Å²) >= 11 is 0. The zero-order chi connectivity index (χ0) is 18.0. The van der Waals surface area contributed by atoms with Crippen molar-refractivity contribution in [2.75, 3.05) is 5.32 Å². The van der Waals surface area contributed by atoms with Gasteiger partial charge in [0, 0.05) is 11.8 Å². The number of carbonyl (C=O) groups is 2. The van der Waals surface area contributed by atoms with Crippen molar-refractivity contribution >= 4 is 27.5 Å². The first-order chi connectivity index (χ1) is 11.8. The molecule has 0 bridgehead atoms. The number of rotatable bonds is 5. The molecule has 0 saturated heterocycles. The molecule has 0 aliphatic carbocycles. The van der Waals surface area contributed by atoms with E-state index in [9.17, 15) is 18.0 Å². The van der Waals surface area contributed by atoms with Gasteiger partial charge in [0.25, 0.3) is 11.8 Å². The van der Waals surface area contributed by atoms with Gasteiger partial charge in [0.15, 0.2) is 0 Å². The molecule has 3 rings (SSSR count). The summed E-state index contributed by atoms with van der Waals surface area (Å²) in [5.74, 6) is -0.845. The van der Waals surface area contributed by atoms with E-state index < -0.39 is 21.8 Å². The van der Waals surface area contributed by atoms with Gasteiger partial charge in [0.1, 0.15) is 5.70 Å². The van der Waals surface area contributed by atoms with Crippen molar-refractivity contribution < 1.29 is 18.0 Å². The van der Waals surface area contributed by atoms with E-state index in [2.05, 4.69) is 5.32 Å². The van der Waals surface area contributed by atoms with Crippen LogP contribution in [0.25, 0.3) is 0 Å². The summed E-state index contributed by atoms with van der Waals surface area (Å²) in [7, 11) is -3.78. The number of nitrogens with two attached hydrogens (primary N) is 1. The Hall–Kier alpha value is -2.97. The molecule has 1 aliphatic heterocycles. The van der Waals surface area contributed by atoms with Crippen LogP contribution in [0.5, 0.6) is 0 Å². The predicted octanol–water partition coefficient (Wildman–Crippen LogP) is 1.20. The zero-order valence-electron chi connectivity index (χ0n) is 13.0. The molecule has 0 spiro atoms. The van der Waals surface area contributed by atoms with Crippen LogP contribution in [0, 0.1) is 0 Å². The fourth-order valence-electron chi connectivity index (χ4n) is 2.40. The van der Waals surface area contributed by atoms with Gasteiger partial charge in [-0.25, -0.2) is 13.6 Å². The molecule has 3 N–H and O–H groups in total. The van der Waals surface area contributed by atoms with Crippen molar-refractivity contribution in [3.8, 4) is 0 Å². The van der Waals surface area contributed by atoms with Gasteiger partial charge < -0.3 is 5.32 Å². The van der Waals surface area contributed by atoms with Gasteiger partial charge in [-0.05, 0) is 29.8 Å². The Bertz CT molecular complexity index is 951. The summed E-state index contributed by atoms with van der Waals surface area (Å²) in [5.41, 5.74) is 1.45. The largest absolute Gasteiger partial charge is 0.351 e. The van der Waals surface area contributed by atoms with Crippen LogP contribution in [0.3, 0.4) is 0 Å². The average molecular weight is 357 g/mol. The normalized spacial score (nSPS) is 14.6. The maximum atomic E-state index is 12.4. The second-order valence-electron chi connectivity index (χ2n) is 5.47. The number of anilines is 1. The van der Waals surface area contributed by atoms with Gasteiger partial charge in [-0.2, -0.15) is 0 Å². The summed E-state index contributed by atoms with van der Waals surface area (Å²) in [6, 6.07) is 14.8. The van der Waals surface area contributed by atoms with E-state index in [0.29, 0.717) is 5.69 Å². The number of hydrogen-bond acceptors (Lipinski definition) is 5. The van der Waals surface area contributed by atoms with Crippen LogP contribution in [0.1, 0.15) is 5.56 Å². The molecular weight excluding hydrogens is 342 g/mol. The van der Waals surface area contributed by atoms with Crippen LogP contribution in [-0.2, 0) is 26.2 Å². The van der Waals surface area contributed by atoms with Gasteiger partial charge in [-0.1, -0.05) is 30.3 Å². The van der Waals surface area contributed by atoms with Crippen molar-refractivity contribution in [3.05, 3.63) is 71.9 Å². The summed E-state index contributed by atoms with van der Waals surface area (Å²) in [6.07, 6.45) is 1.22. The monoisotopic (exact) mass is 357 g/mol. The maximum Gasteiger partial charge on any atom is 0.277 e. The van der Waals surface area contributed by atoms with Crippen LogP contribution in [0.2, 0.25) is 0 Å². The Labute approximate surface area is 144 Å². The SMILES string of the molecule is NS(=O)(=O)c1ccc(NC2=CC(=O)N(Cc3ccccc3)C2=O)cc1. The first-order valence-corrected chi connectivity index (χ1v) is 8.90. The fourth-order valence-corrected chi connectivity index (χ4v) is 2.91. The number of primary sulfonamides is 1. The van der Waals surface area contributed by atoms with Crippen LogP contribution in [0.15, 0.2) is 71.3 Å². The standard InChI is InChI=1S/C17H15N3O4S/c18-25(23,24)14-8-6-13(7-9-14)19-15-10-16(21)20(17(15)22)11-12-4-2-1-3-5-12/h1-10,19H,11H2,(H2,18,23,24). The van der Waals surface area contributed by atoms with Crippen LogP contribution in [0.4, 0.5) is 5.69 Å². The van der Waals surface area contributed by atoms with Crippen molar-refractivity contribution in [3.63, 3.8) is 0 Å². The molecule has 0 radical (unpaired) electrons. The van der Waals surface area contributed by atoms with Crippen molar-refractivity contribution in [1.82, 2.24) is 4.90 Å². The highest BCUT2D eigenvalue weighted by Gasteiger charge is 2.31. The number of carbonyl (C=O) groups excluding carboxylic acids is 2. The van der Waals surface area contributed by atoms with E-state index in [4.69, 9.17) is 5.14 Å². The maximum absolute atomic E-state index is 12.4. The lowest BCUT2D eigenvalue weighted by molar-refractivity contribution is -0.137. The Balaban J connectivity index is 1.72. The van der Waals surface area contributed by atoms with Crippen LogP contribution >= 0.6 is 0 Å². The number of nitrogens with one attached hydrogen (secondary N) is 1. The number of hydrogen-bond donors (Lipinski definition) is 2. The summed E-state index contributed by atoms with van der Waals surface area (Å²) in [5, 5.41) is 7.87. The number of sulfonamides is 1. The van der Waals surface area contributed by atoms with E-state index in [-0.39, 0.29) is 17.1 Å². The van der Waals surface area contributed by atoms with Crippen molar-refractivity contribution in [2.24, 2.45) is 5.14 Å². The van der Waals surface area contributed by atoms with Crippen molar-refractivity contribution in [2.45, 2.75) is 11.4 Å². The lowest BCUT2D eigenvalue weighted by Crippen LogP contribution is -2.31. The van der Waals surface area contributed by atoms with Crippen LogP contribution in [-0.4, -0.2) is 25.1 Å². The smallest absolute Gasteiger partial charge is 0.277 e. The topological polar surface area (TPSA) is 110 Å². The number of amides is 2. The number of nitrogens with zero attached hydrogens (tertiary/aromatic N) is 1. The van der Waals surface area contributed by atoms with Gasteiger partial charge in [-0.15, -0.1) is 0 Å². The molecule has 1 aliphatic rings. The molecule has 1 heterocycles. The highest BCUT2D eigenvalue weighted by molar-refractivity contribution is 7.89. The van der Waals surface area contributed by atoms with Gasteiger partial charge in [0.2, 0.25) is 10.0 Å². The molecule has 2 amide bonds. The van der Waals surface area contributed by atoms with E-state index in [1.165, 1.54) is 30.3 Å². The molecule has 2 aromatic rings. The third-order valence-corrected chi connectivity index (χ3v) is 4.58. The quantitative estimate of drug-likeness (QED) is 0.782. The summed E-state index contributed by atoms with van der Waals surface area (Å²) in [4.78, 5) is 25.6. The van der Waals surface area contributed by atoms with Gasteiger partial charge >= 0.3 is 0 Å². The number of benzene rings is 2. The van der Waals surface area contributed by atoms with Crippen LogP contribution < -0.4 is 10.5 Å². The molecule has 0 aromatic heterocycles. The second kappa shape index (κ2) is 6.50. The molecule has 128 valence electrons. The molecule has 7 nitrogen and oxygen atoms in total. The lowest BCUT2D eigenvalue weighted by Gasteiger charge is -2.15. The predicted molar refractivity (Wildman–Crippen MR) is 91.5 cm³/mol. The first-order valence-electron chi connectivity index (χ1n) is 7.36. The van der Waals surface area contributed by atoms with Crippen molar-refractivity contribution in [1.29, 1.82) is 0 Å². The Morgan fingerprint density at radius 2 is 1.60 bits per heavy atom. The summed E-state index contributed by atoms with van der Waals surface area (Å²) < 4.78 is 22.5. The highest BCUT2D eigenvalue weighted by Crippen LogP contribution is 2.20. The molecule has 8 heteroatoms. The Morgan fingerprint density at radius 1 is 0.960 bits per heavy atom. The van der Waals surface area contributed by atoms with E-state index in [1.807, 2.05) is 30.3 Å². The van der Waals surface area contributed by atoms with E-state index in [0.717, 1.165) is 10.5 Å². The summed E-state index contributed by atoms with van der Waals surface area (Å²) in [6.45, 7) is 0.185. The Morgan fingerprint density at radius 3 is 2.20 bits per heavy atom. The third kappa shape index (κ3) is 3.76. The molecule has 0 fully saturated rings. The molecule has 25 heavy (non-hydrogen) atoms. The Kier molecular flexibility index (Phi) is 4.39. The number of imide groups is 1. The molecular formula is C17H15N3O4S. The minimum atomic E-state index is -3.78. The van der Waals surface area contributed by atoms with Gasteiger partial charge in [0.05, 0.1) is 11.4 Å². The molecule has 2 aromatic carbocycles. The minimum absolute atomic E-state index is 0.0356. The second-order valence-corrected chi connectivity index (χ2v) is 7.03. The van der Waals surface area contributed by atoms with Gasteiger partial charge in [-0.3, -0.25) is 14.5 Å². The zero-order valence-corrected chi connectivity index (χ0v) is 13.9. The van der Waals surface area contributed by atoms with E-state index in [1.54, 1.807) is 0 Å². The highest BCUT2D eigenvalue weighted by atomic mass is 32.2. The third-order valence-electron chi connectivity index (χ3n) is 3.65. The lowest BCUT2D eigenvalue weighted by atomic mass is 10.2. The first kappa shape index (κ1) is 16.9. The van der Waals surface area contributed by atoms with E-state index >= 15 is 0 Å². The average Bonchev–Trinajstić information content (AvgIpc) is 2.83. The molecule has 0 unspecified atom stereocenters.